The second-order valence-corrected chi connectivity index (χ2v) is 4.26. The first-order valence-electron chi connectivity index (χ1n) is 5.17. The van der Waals surface area contributed by atoms with Gasteiger partial charge in [-0.25, -0.2) is 0 Å². The Morgan fingerprint density at radius 1 is 1.40 bits per heavy atom. The van der Waals surface area contributed by atoms with Gasteiger partial charge in [0.15, 0.2) is 0 Å². The predicted molar refractivity (Wildman–Crippen MR) is 60.8 cm³/mol. The molecule has 0 radical (unpaired) electrons. The Morgan fingerprint density at radius 3 is 2.93 bits per heavy atom. The van der Waals surface area contributed by atoms with Crippen LogP contribution < -0.4 is 5.32 Å². The van der Waals surface area contributed by atoms with Crippen LogP contribution >= 0.6 is 11.6 Å². The molecule has 1 aromatic rings. The van der Waals surface area contributed by atoms with Crippen LogP contribution in [0.5, 0.6) is 0 Å². The minimum absolute atomic E-state index is 0.0890. The fraction of sp³-hybridized carbons (Fsp3) is 0.417. The van der Waals surface area contributed by atoms with E-state index in [1.807, 2.05) is 24.3 Å². The van der Waals surface area contributed by atoms with E-state index in [4.69, 9.17) is 16.9 Å². The Hall–Kier alpha value is -1.04. The molecular weight excluding hydrogens is 208 g/mol. The van der Waals surface area contributed by atoms with Crippen LogP contribution in [0.1, 0.15) is 17.9 Å². The quantitative estimate of drug-likeness (QED) is 0.790. The normalized spacial score (nSPS) is 25.9. The molecule has 1 aliphatic rings. The summed E-state index contributed by atoms with van der Waals surface area (Å²) < 4.78 is 0. The zero-order chi connectivity index (χ0) is 10.7. The molecule has 1 heterocycles. The molecule has 3 heteroatoms. The summed E-state index contributed by atoms with van der Waals surface area (Å²) in [6.07, 6.45) is 0.909. The lowest BCUT2D eigenvalue weighted by atomic mass is 9.82. The van der Waals surface area contributed by atoms with Crippen LogP contribution in [0.3, 0.4) is 0 Å². The molecule has 2 nitrogen and oxygen atoms in total. The Kier molecular flexibility index (Phi) is 3.25. The molecule has 1 aliphatic heterocycles. The first-order chi connectivity index (χ1) is 7.33. The Morgan fingerprint density at radius 2 is 2.20 bits per heavy atom. The average Bonchev–Trinajstić information content (AvgIpc) is 2.30. The van der Waals surface area contributed by atoms with Crippen LogP contribution in [-0.2, 0) is 0 Å². The van der Waals surface area contributed by atoms with Crippen molar-refractivity contribution in [2.75, 3.05) is 13.1 Å². The highest BCUT2D eigenvalue weighted by atomic mass is 35.5. The maximum atomic E-state index is 9.09. The van der Waals surface area contributed by atoms with Gasteiger partial charge in [-0.15, -0.1) is 0 Å². The zero-order valence-electron chi connectivity index (χ0n) is 8.41. The van der Waals surface area contributed by atoms with E-state index >= 15 is 0 Å². The van der Waals surface area contributed by atoms with Gasteiger partial charge in [0, 0.05) is 17.5 Å². The first-order valence-corrected chi connectivity index (χ1v) is 5.55. The van der Waals surface area contributed by atoms with E-state index in [1.54, 1.807) is 0 Å². The van der Waals surface area contributed by atoms with Gasteiger partial charge >= 0.3 is 0 Å². The second-order valence-electron chi connectivity index (χ2n) is 3.86. The van der Waals surface area contributed by atoms with E-state index in [-0.39, 0.29) is 11.8 Å². The number of nitriles is 1. The third-order valence-corrected chi connectivity index (χ3v) is 3.30. The van der Waals surface area contributed by atoms with E-state index in [9.17, 15) is 0 Å². The number of piperidine rings is 1. The van der Waals surface area contributed by atoms with E-state index < -0.39 is 0 Å². The topological polar surface area (TPSA) is 35.8 Å². The lowest BCUT2D eigenvalue weighted by Crippen LogP contribution is -2.34. The van der Waals surface area contributed by atoms with Crippen LogP contribution in [0.15, 0.2) is 24.3 Å². The van der Waals surface area contributed by atoms with Gasteiger partial charge in [0.05, 0.1) is 12.0 Å². The van der Waals surface area contributed by atoms with Gasteiger partial charge in [-0.1, -0.05) is 29.8 Å². The molecule has 0 aliphatic carbocycles. The third-order valence-electron chi connectivity index (χ3n) is 2.95. The Labute approximate surface area is 94.9 Å². The number of halogens is 1. The number of benzene rings is 1. The molecule has 1 fully saturated rings. The zero-order valence-corrected chi connectivity index (χ0v) is 9.17. The maximum absolute atomic E-state index is 9.09. The molecule has 15 heavy (non-hydrogen) atoms. The predicted octanol–water partition coefficient (Wildman–Crippen LogP) is 2.56. The van der Waals surface area contributed by atoms with Crippen molar-refractivity contribution >= 4 is 11.6 Å². The molecule has 2 rings (SSSR count). The minimum atomic E-state index is 0.0890. The average molecular weight is 221 g/mol. The van der Waals surface area contributed by atoms with Crippen LogP contribution in [0.25, 0.3) is 0 Å². The van der Waals surface area contributed by atoms with Crippen molar-refractivity contribution < 1.29 is 0 Å². The van der Waals surface area contributed by atoms with Crippen LogP contribution in [0.2, 0.25) is 5.02 Å². The molecule has 0 saturated carbocycles. The van der Waals surface area contributed by atoms with Crippen LogP contribution in [0, 0.1) is 17.2 Å². The monoisotopic (exact) mass is 220 g/mol. The van der Waals surface area contributed by atoms with Gasteiger partial charge < -0.3 is 5.32 Å². The van der Waals surface area contributed by atoms with Crippen molar-refractivity contribution in [3.8, 4) is 6.07 Å². The largest absolute Gasteiger partial charge is 0.316 e. The fourth-order valence-corrected chi connectivity index (χ4v) is 2.39. The van der Waals surface area contributed by atoms with Gasteiger partial charge in [0.1, 0.15) is 0 Å². The van der Waals surface area contributed by atoms with Crippen molar-refractivity contribution in [1.82, 2.24) is 5.32 Å². The molecule has 78 valence electrons. The summed E-state index contributed by atoms with van der Waals surface area (Å²) in [6, 6.07) is 10.2. The van der Waals surface area contributed by atoms with Gasteiger partial charge in [0.2, 0.25) is 0 Å². The number of hydrogen-bond donors (Lipinski definition) is 1. The van der Waals surface area contributed by atoms with Crippen molar-refractivity contribution in [3.63, 3.8) is 0 Å². The lowest BCUT2D eigenvalue weighted by molar-refractivity contribution is 0.387. The molecule has 2 unspecified atom stereocenters. The van der Waals surface area contributed by atoms with Crippen LogP contribution in [-0.4, -0.2) is 13.1 Å². The molecule has 2 atom stereocenters. The molecule has 1 N–H and O–H groups in total. The third kappa shape index (κ3) is 2.14. The lowest BCUT2D eigenvalue weighted by Gasteiger charge is -2.28. The van der Waals surface area contributed by atoms with E-state index in [0.717, 1.165) is 30.1 Å². The van der Waals surface area contributed by atoms with E-state index in [1.165, 1.54) is 0 Å². The first kappa shape index (κ1) is 10.5. The molecule has 1 aromatic carbocycles. The van der Waals surface area contributed by atoms with Crippen molar-refractivity contribution in [1.29, 1.82) is 5.26 Å². The highest BCUT2D eigenvalue weighted by Crippen LogP contribution is 2.32. The van der Waals surface area contributed by atoms with Crippen molar-refractivity contribution in [3.05, 3.63) is 34.9 Å². The van der Waals surface area contributed by atoms with Gasteiger partial charge in [-0.3, -0.25) is 0 Å². The highest BCUT2D eigenvalue weighted by molar-refractivity contribution is 6.31. The van der Waals surface area contributed by atoms with Crippen LogP contribution in [0.4, 0.5) is 0 Å². The van der Waals surface area contributed by atoms with E-state index in [0.29, 0.717) is 0 Å². The highest BCUT2D eigenvalue weighted by Gasteiger charge is 2.27. The summed E-state index contributed by atoms with van der Waals surface area (Å²) in [7, 11) is 0. The number of hydrogen-bond acceptors (Lipinski definition) is 2. The molecule has 0 aromatic heterocycles. The molecular formula is C12H13ClN2. The van der Waals surface area contributed by atoms with Crippen molar-refractivity contribution in [2.45, 2.75) is 12.3 Å². The number of nitrogens with zero attached hydrogens (tertiary/aromatic N) is 1. The van der Waals surface area contributed by atoms with E-state index in [2.05, 4.69) is 11.4 Å². The van der Waals surface area contributed by atoms with Gasteiger partial charge in [-0.2, -0.15) is 5.26 Å². The summed E-state index contributed by atoms with van der Waals surface area (Å²) in [6.45, 7) is 1.78. The molecule has 0 amide bonds. The van der Waals surface area contributed by atoms with Gasteiger partial charge in [0.25, 0.3) is 0 Å². The SMILES string of the molecule is N#CC1CCNCC1c1ccccc1Cl. The summed E-state index contributed by atoms with van der Waals surface area (Å²) in [5, 5.41) is 13.2. The smallest absolute Gasteiger partial charge is 0.0663 e. The standard InChI is InChI=1S/C12H13ClN2/c13-12-4-2-1-3-10(12)11-8-15-6-5-9(11)7-14/h1-4,9,11,15H,5-6,8H2. The Balaban J connectivity index is 2.29. The maximum Gasteiger partial charge on any atom is 0.0663 e. The molecule has 1 saturated heterocycles. The summed E-state index contributed by atoms with van der Waals surface area (Å²) in [5.74, 6) is 0.323. The van der Waals surface area contributed by atoms with Gasteiger partial charge in [-0.05, 0) is 24.6 Å². The molecule has 0 spiro atoms. The fourth-order valence-electron chi connectivity index (χ4n) is 2.12. The summed E-state index contributed by atoms with van der Waals surface area (Å²) in [5.41, 5.74) is 1.10. The summed E-state index contributed by atoms with van der Waals surface area (Å²) in [4.78, 5) is 0. The summed E-state index contributed by atoms with van der Waals surface area (Å²) >= 11 is 6.14. The number of rotatable bonds is 1. The minimum Gasteiger partial charge on any atom is -0.316 e. The second kappa shape index (κ2) is 4.65. The number of nitrogens with one attached hydrogen (secondary N) is 1. The molecule has 0 bridgehead atoms. The Bertz CT molecular complexity index is 383. The van der Waals surface area contributed by atoms with Crippen molar-refractivity contribution in [2.24, 2.45) is 5.92 Å².